The van der Waals surface area contributed by atoms with Crippen LogP contribution in [0.15, 0.2) is 24.3 Å². The van der Waals surface area contributed by atoms with Crippen LogP contribution in [0.2, 0.25) is 0 Å². The van der Waals surface area contributed by atoms with Crippen molar-refractivity contribution < 1.29 is 14.4 Å². The first-order valence-electron chi connectivity index (χ1n) is 9.48. The Morgan fingerprint density at radius 2 is 1.89 bits per heavy atom. The van der Waals surface area contributed by atoms with Gasteiger partial charge in [-0.15, -0.1) is 0 Å². The Balaban J connectivity index is 1.60. The van der Waals surface area contributed by atoms with Gasteiger partial charge in [0.25, 0.3) is 11.8 Å². The predicted molar refractivity (Wildman–Crippen MR) is 103 cm³/mol. The van der Waals surface area contributed by atoms with Crippen molar-refractivity contribution in [2.45, 2.75) is 45.1 Å². The van der Waals surface area contributed by atoms with Crippen molar-refractivity contribution in [1.29, 1.82) is 0 Å². The van der Waals surface area contributed by atoms with Crippen molar-refractivity contribution in [3.63, 3.8) is 0 Å². The van der Waals surface area contributed by atoms with Gasteiger partial charge < -0.3 is 15.5 Å². The highest BCUT2D eigenvalue weighted by atomic mass is 16.2. The Kier molecular flexibility index (Phi) is 5.53. The summed E-state index contributed by atoms with van der Waals surface area (Å²) in [6.45, 7) is 5.42. The number of amides is 4. The lowest BCUT2D eigenvalue weighted by atomic mass is 10.00. The van der Waals surface area contributed by atoms with E-state index in [9.17, 15) is 14.4 Å². The second-order valence-corrected chi connectivity index (χ2v) is 7.21. The minimum atomic E-state index is -0.974. The van der Waals surface area contributed by atoms with Crippen LogP contribution < -0.4 is 21.0 Å². The number of nitrogens with zero attached hydrogens (tertiary/aromatic N) is 2. The molecule has 8 heteroatoms. The van der Waals surface area contributed by atoms with Crippen LogP contribution in [0.25, 0.3) is 0 Å². The quantitative estimate of drug-likeness (QED) is 0.662. The molecule has 4 amide bonds. The van der Waals surface area contributed by atoms with Gasteiger partial charge in [0.2, 0.25) is 0 Å². The van der Waals surface area contributed by atoms with Gasteiger partial charge in [-0.2, -0.15) is 5.01 Å². The lowest BCUT2D eigenvalue weighted by molar-refractivity contribution is -0.138. The third-order valence-electron chi connectivity index (χ3n) is 5.24. The zero-order valence-electron chi connectivity index (χ0n) is 15.9. The number of benzene rings is 1. The standard InChI is InChI=1S/C19H27N5O3/c1-3-19(2)17(26)24(18(27)21-19)22-16(25)13-20-14-9-5-6-10-15(14)23-11-7-4-8-12-23/h5-6,9-10,20H,3-4,7-8,11-13H2,1-2H3,(H,21,27)(H,22,25). The minimum Gasteiger partial charge on any atom is -0.374 e. The smallest absolute Gasteiger partial charge is 0.344 e. The lowest BCUT2D eigenvalue weighted by Crippen LogP contribution is -2.50. The van der Waals surface area contributed by atoms with Gasteiger partial charge in [-0.25, -0.2) is 4.79 Å². The molecule has 27 heavy (non-hydrogen) atoms. The highest BCUT2D eigenvalue weighted by Crippen LogP contribution is 2.28. The van der Waals surface area contributed by atoms with Crippen LogP contribution in [0.4, 0.5) is 16.2 Å². The normalized spacial score (nSPS) is 22.6. The molecule has 1 unspecified atom stereocenters. The molecule has 1 aromatic rings. The summed E-state index contributed by atoms with van der Waals surface area (Å²) < 4.78 is 0. The highest BCUT2D eigenvalue weighted by molar-refractivity contribution is 6.07. The van der Waals surface area contributed by atoms with Crippen molar-refractivity contribution in [3.8, 4) is 0 Å². The third kappa shape index (κ3) is 3.99. The highest BCUT2D eigenvalue weighted by Gasteiger charge is 2.47. The number of piperidine rings is 1. The molecule has 1 atom stereocenters. The van der Waals surface area contributed by atoms with Crippen LogP contribution in [0.1, 0.15) is 39.5 Å². The first-order valence-corrected chi connectivity index (χ1v) is 9.48. The molecule has 0 spiro atoms. The maximum Gasteiger partial charge on any atom is 0.344 e. The first-order chi connectivity index (χ1) is 12.9. The fourth-order valence-electron chi connectivity index (χ4n) is 3.40. The number of para-hydroxylation sites is 2. The number of anilines is 2. The molecule has 2 fully saturated rings. The average Bonchev–Trinajstić information content (AvgIpc) is 2.91. The van der Waals surface area contributed by atoms with Gasteiger partial charge in [0.1, 0.15) is 5.54 Å². The number of hydrazine groups is 1. The molecule has 2 aliphatic rings. The second-order valence-electron chi connectivity index (χ2n) is 7.21. The summed E-state index contributed by atoms with van der Waals surface area (Å²) in [5, 5.41) is 6.50. The number of hydrogen-bond acceptors (Lipinski definition) is 5. The van der Waals surface area contributed by atoms with Crippen molar-refractivity contribution in [3.05, 3.63) is 24.3 Å². The molecule has 2 saturated heterocycles. The fourth-order valence-corrected chi connectivity index (χ4v) is 3.40. The lowest BCUT2D eigenvalue weighted by Gasteiger charge is -2.30. The Hall–Kier alpha value is -2.77. The SMILES string of the molecule is CCC1(C)NC(=O)N(NC(=O)CNc2ccccc2N2CCCCC2)C1=O. The monoisotopic (exact) mass is 373 g/mol. The van der Waals surface area contributed by atoms with Crippen molar-refractivity contribution in [1.82, 2.24) is 15.8 Å². The Morgan fingerprint density at radius 1 is 1.19 bits per heavy atom. The van der Waals surface area contributed by atoms with Crippen molar-refractivity contribution in [2.75, 3.05) is 29.9 Å². The van der Waals surface area contributed by atoms with E-state index < -0.39 is 23.4 Å². The summed E-state index contributed by atoms with van der Waals surface area (Å²) in [5.41, 5.74) is 3.35. The number of urea groups is 1. The number of imide groups is 1. The van der Waals surface area contributed by atoms with Gasteiger partial charge in [-0.3, -0.25) is 15.0 Å². The van der Waals surface area contributed by atoms with Crippen LogP contribution in [0.5, 0.6) is 0 Å². The molecule has 0 saturated carbocycles. The Morgan fingerprint density at radius 3 is 2.56 bits per heavy atom. The van der Waals surface area contributed by atoms with Crippen molar-refractivity contribution >= 4 is 29.2 Å². The van der Waals surface area contributed by atoms with E-state index in [0.717, 1.165) is 42.3 Å². The molecule has 0 bridgehead atoms. The third-order valence-corrected chi connectivity index (χ3v) is 5.24. The molecular weight excluding hydrogens is 346 g/mol. The predicted octanol–water partition coefficient (Wildman–Crippen LogP) is 1.84. The number of hydrogen-bond donors (Lipinski definition) is 3. The Labute approximate surface area is 159 Å². The zero-order chi connectivity index (χ0) is 19.4. The van der Waals surface area contributed by atoms with Crippen LogP contribution in [-0.2, 0) is 9.59 Å². The molecule has 8 nitrogen and oxygen atoms in total. The van der Waals surface area contributed by atoms with E-state index in [1.807, 2.05) is 31.2 Å². The van der Waals surface area contributed by atoms with Crippen LogP contribution in [-0.4, -0.2) is 48.0 Å². The van der Waals surface area contributed by atoms with Crippen LogP contribution in [0.3, 0.4) is 0 Å². The molecular formula is C19H27N5O3. The van der Waals surface area contributed by atoms with Gasteiger partial charge in [0.15, 0.2) is 0 Å². The minimum absolute atomic E-state index is 0.0370. The van der Waals surface area contributed by atoms with Gasteiger partial charge >= 0.3 is 6.03 Å². The van der Waals surface area contributed by atoms with E-state index in [4.69, 9.17) is 0 Å². The topological polar surface area (TPSA) is 93.8 Å². The molecule has 0 aliphatic carbocycles. The van der Waals surface area contributed by atoms with Gasteiger partial charge in [0, 0.05) is 13.1 Å². The first kappa shape index (κ1) is 19.0. The molecule has 3 rings (SSSR count). The maximum absolute atomic E-state index is 12.3. The summed E-state index contributed by atoms with van der Waals surface area (Å²) in [6.07, 6.45) is 4.02. The number of carbonyl (C=O) groups is 3. The largest absolute Gasteiger partial charge is 0.374 e. The molecule has 146 valence electrons. The van der Waals surface area contributed by atoms with Crippen molar-refractivity contribution in [2.24, 2.45) is 0 Å². The van der Waals surface area contributed by atoms with Gasteiger partial charge in [-0.05, 0) is 44.7 Å². The van der Waals surface area contributed by atoms with Gasteiger partial charge in [0.05, 0.1) is 17.9 Å². The zero-order valence-corrected chi connectivity index (χ0v) is 15.9. The molecule has 2 aliphatic heterocycles. The van der Waals surface area contributed by atoms with E-state index in [1.165, 1.54) is 6.42 Å². The summed E-state index contributed by atoms with van der Waals surface area (Å²) in [5.74, 6) is -0.899. The average molecular weight is 373 g/mol. The van der Waals surface area contributed by atoms with E-state index in [-0.39, 0.29) is 6.54 Å². The maximum atomic E-state index is 12.3. The number of nitrogens with one attached hydrogen (secondary N) is 3. The van der Waals surface area contributed by atoms with E-state index in [0.29, 0.717) is 6.42 Å². The van der Waals surface area contributed by atoms with E-state index in [2.05, 4.69) is 21.0 Å². The van der Waals surface area contributed by atoms with Crippen LogP contribution in [0, 0.1) is 0 Å². The molecule has 0 aromatic heterocycles. The van der Waals surface area contributed by atoms with E-state index in [1.54, 1.807) is 6.92 Å². The second kappa shape index (κ2) is 7.85. The number of rotatable bonds is 6. The van der Waals surface area contributed by atoms with E-state index >= 15 is 0 Å². The molecule has 1 aromatic carbocycles. The summed E-state index contributed by atoms with van der Waals surface area (Å²) in [6, 6.07) is 7.26. The molecule has 2 heterocycles. The number of carbonyl (C=O) groups excluding carboxylic acids is 3. The Bertz CT molecular complexity index is 732. The summed E-state index contributed by atoms with van der Waals surface area (Å²) in [4.78, 5) is 38.9. The molecule has 3 N–H and O–H groups in total. The van der Waals surface area contributed by atoms with Crippen LogP contribution >= 0.6 is 0 Å². The summed E-state index contributed by atoms with van der Waals surface area (Å²) >= 11 is 0. The fraction of sp³-hybridized carbons (Fsp3) is 0.526. The molecule has 0 radical (unpaired) electrons. The summed E-state index contributed by atoms with van der Waals surface area (Å²) in [7, 11) is 0. The van der Waals surface area contributed by atoms with Gasteiger partial charge in [-0.1, -0.05) is 19.1 Å².